The molecule has 0 heterocycles. The van der Waals surface area contributed by atoms with Crippen molar-refractivity contribution in [2.45, 2.75) is 25.8 Å². The van der Waals surface area contributed by atoms with E-state index in [0.717, 1.165) is 12.8 Å². The highest BCUT2D eigenvalue weighted by Gasteiger charge is 2.24. The minimum atomic E-state index is -0.909. The smallest absolute Gasteiger partial charge is 0.321 e. The van der Waals surface area contributed by atoms with Gasteiger partial charge in [-0.25, -0.2) is 4.79 Å². The Morgan fingerprint density at radius 1 is 1.39 bits per heavy atom. The number of carbonyl (C=O) groups is 3. The van der Waals surface area contributed by atoms with Crippen LogP contribution in [0.15, 0.2) is 0 Å². The van der Waals surface area contributed by atoms with Crippen LogP contribution < -0.4 is 10.6 Å². The maximum absolute atomic E-state index is 11.5. The summed E-state index contributed by atoms with van der Waals surface area (Å²) in [5.41, 5.74) is 0. The molecular weight excluding hydrogens is 238 g/mol. The molecule has 1 atom stereocenters. The van der Waals surface area contributed by atoms with E-state index in [2.05, 4.69) is 10.6 Å². The Morgan fingerprint density at radius 2 is 2.00 bits per heavy atom. The molecule has 0 aromatic carbocycles. The molecule has 1 unspecified atom stereocenters. The van der Waals surface area contributed by atoms with E-state index < -0.39 is 23.8 Å². The molecule has 0 aliphatic heterocycles. The number of rotatable bonds is 6. The standard InChI is InChI=1S/C11H19N3O4/c1-7(10(16)17)5-14(2)6-9(15)13-11(18)12-8-3-4-8/h7-8H,3-6H2,1-2H3,(H,16,17)(H2,12,13,15,18). The lowest BCUT2D eigenvalue weighted by Gasteiger charge is -2.18. The van der Waals surface area contributed by atoms with Crippen LogP contribution in [0.2, 0.25) is 0 Å². The van der Waals surface area contributed by atoms with Crippen LogP contribution in [-0.4, -0.2) is 54.1 Å². The molecule has 1 saturated carbocycles. The Morgan fingerprint density at radius 3 is 2.50 bits per heavy atom. The molecule has 0 aromatic rings. The van der Waals surface area contributed by atoms with Gasteiger partial charge in [0, 0.05) is 12.6 Å². The Bertz CT molecular complexity index is 341. The van der Waals surface area contributed by atoms with Gasteiger partial charge in [0.15, 0.2) is 0 Å². The minimum Gasteiger partial charge on any atom is -0.481 e. The summed E-state index contributed by atoms with van der Waals surface area (Å²) in [6.45, 7) is 1.82. The van der Waals surface area contributed by atoms with Gasteiger partial charge in [-0.05, 0) is 19.9 Å². The van der Waals surface area contributed by atoms with Gasteiger partial charge in [-0.2, -0.15) is 0 Å². The normalized spacial score (nSPS) is 16.2. The van der Waals surface area contributed by atoms with Gasteiger partial charge in [-0.15, -0.1) is 0 Å². The summed E-state index contributed by atoms with van der Waals surface area (Å²) in [5.74, 6) is -1.90. The second-order valence-electron chi connectivity index (χ2n) is 4.73. The summed E-state index contributed by atoms with van der Waals surface area (Å²) >= 11 is 0. The number of imide groups is 1. The molecule has 7 heteroatoms. The molecule has 0 bridgehead atoms. The van der Waals surface area contributed by atoms with E-state index in [1.54, 1.807) is 18.9 Å². The first-order valence-electron chi connectivity index (χ1n) is 5.90. The van der Waals surface area contributed by atoms with E-state index in [4.69, 9.17) is 5.11 Å². The molecule has 18 heavy (non-hydrogen) atoms. The van der Waals surface area contributed by atoms with E-state index in [1.165, 1.54) is 0 Å². The minimum absolute atomic E-state index is 0.00426. The average molecular weight is 257 g/mol. The zero-order chi connectivity index (χ0) is 13.7. The number of carbonyl (C=O) groups excluding carboxylic acids is 2. The fraction of sp³-hybridized carbons (Fsp3) is 0.727. The third kappa shape index (κ3) is 5.62. The Labute approximate surface area is 106 Å². The van der Waals surface area contributed by atoms with E-state index in [9.17, 15) is 14.4 Å². The summed E-state index contributed by atoms with van der Waals surface area (Å²) in [5, 5.41) is 13.6. The predicted molar refractivity (Wildman–Crippen MR) is 64.0 cm³/mol. The van der Waals surface area contributed by atoms with Crippen molar-refractivity contribution in [3.63, 3.8) is 0 Å². The molecule has 1 fully saturated rings. The summed E-state index contributed by atoms with van der Waals surface area (Å²) in [4.78, 5) is 34.9. The molecule has 1 aliphatic carbocycles. The summed E-state index contributed by atoms with van der Waals surface area (Å²) in [6.07, 6.45) is 1.91. The van der Waals surface area contributed by atoms with Gasteiger partial charge in [0.25, 0.3) is 0 Å². The molecule has 3 N–H and O–H groups in total. The number of hydrogen-bond acceptors (Lipinski definition) is 4. The van der Waals surface area contributed by atoms with Crippen LogP contribution in [0.4, 0.5) is 4.79 Å². The summed E-state index contributed by atoms with van der Waals surface area (Å²) in [6, 6.07) is -0.287. The van der Waals surface area contributed by atoms with Gasteiger partial charge in [0.2, 0.25) is 5.91 Å². The maximum atomic E-state index is 11.5. The molecule has 7 nitrogen and oxygen atoms in total. The largest absolute Gasteiger partial charge is 0.481 e. The number of carboxylic acid groups (broad SMARTS) is 1. The van der Waals surface area contributed by atoms with Crippen molar-refractivity contribution in [2.75, 3.05) is 20.1 Å². The number of aliphatic carboxylic acids is 1. The van der Waals surface area contributed by atoms with Crippen LogP contribution in [0.25, 0.3) is 0 Å². The van der Waals surface area contributed by atoms with Crippen LogP contribution in [0, 0.1) is 5.92 Å². The molecule has 0 spiro atoms. The van der Waals surface area contributed by atoms with Crippen molar-refractivity contribution in [1.29, 1.82) is 0 Å². The summed E-state index contributed by atoms with van der Waals surface area (Å²) < 4.78 is 0. The molecule has 0 radical (unpaired) electrons. The van der Waals surface area contributed by atoms with Gasteiger partial charge in [0.05, 0.1) is 12.5 Å². The molecule has 3 amide bonds. The topological polar surface area (TPSA) is 98.7 Å². The molecule has 0 saturated heterocycles. The zero-order valence-corrected chi connectivity index (χ0v) is 10.6. The molecule has 0 aromatic heterocycles. The third-order valence-corrected chi connectivity index (χ3v) is 2.59. The Balaban J connectivity index is 2.21. The van der Waals surface area contributed by atoms with E-state index in [1.807, 2.05) is 0 Å². The van der Waals surface area contributed by atoms with Crippen LogP contribution >= 0.6 is 0 Å². The lowest BCUT2D eigenvalue weighted by molar-refractivity contribution is -0.142. The van der Waals surface area contributed by atoms with Gasteiger partial charge < -0.3 is 10.4 Å². The maximum Gasteiger partial charge on any atom is 0.321 e. The van der Waals surface area contributed by atoms with Crippen LogP contribution in [-0.2, 0) is 9.59 Å². The van der Waals surface area contributed by atoms with Crippen molar-refractivity contribution >= 4 is 17.9 Å². The zero-order valence-electron chi connectivity index (χ0n) is 10.6. The average Bonchev–Trinajstić information content (AvgIpc) is 2.99. The molecule has 1 rings (SSSR count). The predicted octanol–water partition coefficient (Wildman–Crippen LogP) is -0.373. The number of nitrogens with zero attached hydrogens (tertiary/aromatic N) is 1. The number of hydrogen-bond donors (Lipinski definition) is 3. The fourth-order valence-electron chi connectivity index (χ4n) is 1.47. The van der Waals surface area contributed by atoms with Gasteiger partial charge in [0.1, 0.15) is 0 Å². The lowest BCUT2D eigenvalue weighted by Crippen LogP contribution is -2.45. The first-order valence-corrected chi connectivity index (χ1v) is 5.90. The molecule has 1 aliphatic rings. The van der Waals surface area contributed by atoms with Gasteiger partial charge >= 0.3 is 12.0 Å². The van der Waals surface area contributed by atoms with Crippen molar-refractivity contribution in [3.05, 3.63) is 0 Å². The van der Waals surface area contributed by atoms with Crippen LogP contribution in [0.3, 0.4) is 0 Å². The van der Waals surface area contributed by atoms with Crippen LogP contribution in [0.1, 0.15) is 19.8 Å². The Hall–Kier alpha value is -1.63. The number of carboxylic acids is 1. The van der Waals surface area contributed by atoms with Gasteiger partial charge in [-0.1, -0.05) is 6.92 Å². The first kappa shape index (κ1) is 14.4. The van der Waals surface area contributed by atoms with Crippen molar-refractivity contribution in [3.8, 4) is 0 Å². The van der Waals surface area contributed by atoms with Crippen molar-refractivity contribution in [1.82, 2.24) is 15.5 Å². The third-order valence-electron chi connectivity index (χ3n) is 2.59. The van der Waals surface area contributed by atoms with E-state index >= 15 is 0 Å². The number of nitrogens with one attached hydrogen (secondary N) is 2. The number of urea groups is 1. The highest BCUT2D eigenvalue weighted by Crippen LogP contribution is 2.18. The van der Waals surface area contributed by atoms with Crippen molar-refractivity contribution < 1.29 is 19.5 Å². The van der Waals surface area contributed by atoms with Crippen LogP contribution in [0.5, 0.6) is 0 Å². The summed E-state index contributed by atoms with van der Waals surface area (Å²) in [7, 11) is 1.64. The van der Waals surface area contributed by atoms with Crippen molar-refractivity contribution in [2.24, 2.45) is 5.92 Å². The molecular formula is C11H19N3O4. The lowest BCUT2D eigenvalue weighted by atomic mass is 10.2. The first-order chi connectivity index (χ1) is 8.38. The number of likely N-dealkylation sites (N-methyl/N-ethyl adjacent to an activating group) is 1. The van der Waals surface area contributed by atoms with Gasteiger partial charge in [-0.3, -0.25) is 19.8 Å². The number of amides is 3. The molecule has 102 valence electrons. The SMILES string of the molecule is CC(CN(C)CC(=O)NC(=O)NC1CC1)C(=O)O. The fourth-order valence-corrected chi connectivity index (χ4v) is 1.47. The second-order valence-corrected chi connectivity index (χ2v) is 4.73. The second kappa shape index (κ2) is 6.34. The quantitative estimate of drug-likeness (QED) is 0.603. The van der Waals surface area contributed by atoms with E-state index in [0.29, 0.717) is 0 Å². The van der Waals surface area contributed by atoms with E-state index in [-0.39, 0.29) is 19.1 Å². The monoisotopic (exact) mass is 257 g/mol. The highest BCUT2D eigenvalue weighted by atomic mass is 16.4. The highest BCUT2D eigenvalue weighted by molar-refractivity contribution is 5.95. The Kier molecular flexibility index (Phi) is 5.08.